The summed E-state index contributed by atoms with van der Waals surface area (Å²) < 4.78 is 0. The largest absolute Gasteiger partial charge is 0.364 e. The summed E-state index contributed by atoms with van der Waals surface area (Å²) in [5.74, 6) is 0.181. The fraction of sp³-hybridized carbons (Fsp3) is 0.533. The first-order chi connectivity index (χ1) is 9.61. The maximum Gasteiger partial charge on any atom is 0.242 e. The molecular formula is C15H22ClN3O. The second kappa shape index (κ2) is 6.95. The van der Waals surface area contributed by atoms with Gasteiger partial charge in [0.05, 0.1) is 17.3 Å². The number of nitrogens with one attached hydrogen (secondary N) is 1. The van der Waals surface area contributed by atoms with E-state index in [1.54, 1.807) is 0 Å². The minimum atomic E-state index is 0.181. The van der Waals surface area contributed by atoms with E-state index in [0.29, 0.717) is 11.6 Å². The van der Waals surface area contributed by atoms with Crippen LogP contribution >= 0.6 is 11.6 Å². The van der Waals surface area contributed by atoms with E-state index in [4.69, 9.17) is 11.6 Å². The molecule has 110 valence electrons. The summed E-state index contributed by atoms with van der Waals surface area (Å²) >= 11 is 6.31. The molecule has 1 amide bonds. The third-order valence-corrected chi connectivity index (χ3v) is 3.94. The lowest BCUT2D eigenvalue weighted by molar-refractivity contribution is -0.128. The number of halogens is 1. The Morgan fingerprint density at radius 3 is 2.70 bits per heavy atom. The Morgan fingerprint density at radius 1 is 1.40 bits per heavy atom. The molecule has 5 heteroatoms. The van der Waals surface area contributed by atoms with E-state index in [2.05, 4.69) is 5.32 Å². The molecule has 0 saturated carbocycles. The number of nitrogens with zero attached hydrogens (tertiary/aromatic N) is 2. The predicted molar refractivity (Wildman–Crippen MR) is 83.3 cm³/mol. The zero-order chi connectivity index (χ0) is 14.5. The van der Waals surface area contributed by atoms with Crippen molar-refractivity contribution < 1.29 is 4.79 Å². The first-order valence-electron chi connectivity index (χ1n) is 7.03. The van der Waals surface area contributed by atoms with Crippen LogP contribution in [0.1, 0.15) is 18.4 Å². The van der Waals surface area contributed by atoms with E-state index in [1.165, 1.54) is 0 Å². The second-order valence-electron chi connectivity index (χ2n) is 5.26. The lowest BCUT2D eigenvalue weighted by Gasteiger charge is -2.24. The molecule has 1 saturated heterocycles. The van der Waals surface area contributed by atoms with Gasteiger partial charge in [-0.2, -0.15) is 0 Å². The minimum Gasteiger partial charge on any atom is -0.364 e. The third kappa shape index (κ3) is 3.64. The van der Waals surface area contributed by atoms with Gasteiger partial charge < -0.3 is 15.1 Å². The number of likely N-dealkylation sites (tertiary alicyclic amines) is 1. The quantitative estimate of drug-likeness (QED) is 0.904. The Balaban J connectivity index is 2.01. The van der Waals surface area contributed by atoms with Crippen molar-refractivity contribution in [3.8, 4) is 0 Å². The van der Waals surface area contributed by atoms with Crippen LogP contribution in [0, 0.1) is 0 Å². The summed E-state index contributed by atoms with van der Waals surface area (Å²) in [5.41, 5.74) is 2.04. The molecule has 1 fully saturated rings. The first-order valence-corrected chi connectivity index (χ1v) is 7.41. The highest BCUT2D eigenvalue weighted by molar-refractivity contribution is 6.33. The van der Waals surface area contributed by atoms with Crippen LogP contribution in [-0.2, 0) is 11.3 Å². The fourth-order valence-electron chi connectivity index (χ4n) is 2.53. The molecule has 2 rings (SSSR count). The van der Waals surface area contributed by atoms with Crippen molar-refractivity contribution in [2.24, 2.45) is 0 Å². The monoisotopic (exact) mass is 295 g/mol. The van der Waals surface area contributed by atoms with E-state index in [1.807, 2.05) is 42.1 Å². The van der Waals surface area contributed by atoms with Gasteiger partial charge in [-0.05, 0) is 37.6 Å². The number of likely N-dealkylation sites (N-methyl/N-ethyl adjacent to an activating group) is 1. The van der Waals surface area contributed by atoms with Gasteiger partial charge in [0, 0.05) is 26.7 Å². The number of amides is 1. The highest BCUT2D eigenvalue weighted by Gasteiger charge is 2.19. The molecule has 0 bridgehead atoms. The molecule has 1 aromatic rings. The van der Waals surface area contributed by atoms with E-state index in [9.17, 15) is 4.79 Å². The highest BCUT2D eigenvalue weighted by Crippen LogP contribution is 2.26. The molecule has 0 unspecified atom stereocenters. The average molecular weight is 296 g/mol. The van der Waals surface area contributed by atoms with Crippen LogP contribution in [0.3, 0.4) is 0 Å². The Kier molecular flexibility index (Phi) is 5.26. The first kappa shape index (κ1) is 15.1. The van der Waals surface area contributed by atoms with Crippen LogP contribution < -0.4 is 10.2 Å². The van der Waals surface area contributed by atoms with Crippen molar-refractivity contribution >= 4 is 23.2 Å². The molecule has 1 N–H and O–H groups in total. The standard InChI is InChI=1S/C15H22ClN3O/c1-17-10-12-5-6-14(13(16)9-12)18(2)11-15(20)19-7-3-4-8-19/h5-6,9,17H,3-4,7-8,10-11H2,1-2H3. The Bertz CT molecular complexity index is 472. The van der Waals surface area contributed by atoms with Gasteiger partial charge in [-0.1, -0.05) is 17.7 Å². The molecule has 20 heavy (non-hydrogen) atoms. The van der Waals surface area contributed by atoms with Crippen LogP contribution in [-0.4, -0.2) is 44.5 Å². The average Bonchev–Trinajstić information content (AvgIpc) is 2.93. The molecule has 0 radical (unpaired) electrons. The summed E-state index contributed by atoms with van der Waals surface area (Å²) in [7, 11) is 3.82. The smallest absolute Gasteiger partial charge is 0.242 e. The van der Waals surface area contributed by atoms with Gasteiger partial charge in [0.15, 0.2) is 0 Å². The minimum absolute atomic E-state index is 0.181. The molecule has 1 aromatic carbocycles. The number of carbonyl (C=O) groups excluding carboxylic acids is 1. The molecule has 0 aromatic heterocycles. The topological polar surface area (TPSA) is 35.6 Å². The Hall–Kier alpha value is -1.26. The number of benzene rings is 1. The number of anilines is 1. The van der Waals surface area contributed by atoms with Crippen molar-refractivity contribution in [1.29, 1.82) is 0 Å². The summed E-state index contributed by atoms with van der Waals surface area (Å²) in [4.78, 5) is 16.0. The number of hydrogen-bond donors (Lipinski definition) is 1. The van der Waals surface area contributed by atoms with Crippen molar-refractivity contribution in [2.75, 3.05) is 38.6 Å². The Morgan fingerprint density at radius 2 is 2.10 bits per heavy atom. The zero-order valence-corrected chi connectivity index (χ0v) is 12.9. The third-order valence-electron chi connectivity index (χ3n) is 3.64. The zero-order valence-electron chi connectivity index (χ0n) is 12.2. The summed E-state index contributed by atoms with van der Waals surface area (Å²) in [6.07, 6.45) is 2.24. The van der Waals surface area contributed by atoms with E-state index in [-0.39, 0.29) is 5.91 Å². The molecule has 1 aliphatic heterocycles. The molecule has 1 heterocycles. The van der Waals surface area contributed by atoms with Crippen LogP contribution in [0.5, 0.6) is 0 Å². The second-order valence-corrected chi connectivity index (χ2v) is 5.67. The highest BCUT2D eigenvalue weighted by atomic mass is 35.5. The molecular weight excluding hydrogens is 274 g/mol. The van der Waals surface area contributed by atoms with E-state index >= 15 is 0 Å². The van der Waals surface area contributed by atoms with Crippen molar-refractivity contribution in [2.45, 2.75) is 19.4 Å². The molecule has 0 aliphatic carbocycles. The van der Waals surface area contributed by atoms with Crippen molar-refractivity contribution in [3.63, 3.8) is 0 Å². The van der Waals surface area contributed by atoms with Gasteiger partial charge in [-0.3, -0.25) is 4.79 Å². The van der Waals surface area contributed by atoms with Gasteiger partial charge in [-0.15, -0.1) is 0 Å². The lowest BCUT2D eigenvalue weighted by atomic mass is 10.2. The van der Waals surface area contributed by atoms with Crippen LogP contribution in [0.4, 0.5) is 5.69 Å². The summed E-state index contributed by atoms with van der Waals surface area (Å²) in [6, 6.07) is 5.96. The SMILES string of the molecule is CNCc1ccc(N(C)CC(=O)N2CCCC2)c(Cl)c1. The van der Waals surface area contributed by atoms with E-state index < -0.39 is 0 Å². The molecule has 1 aliphatic rings. The summed E-state index contributed by atoms with van der Waals surface area (Å²) in [5, 5.41) is 3.79. The molecule has 0 atom stereocenters. The number of hydrogen-bond acceptors (Lipinski definition) is 3. The molecule has 0 spiro atoms. The predicted octanol–water partition coefficient (Wildman–Crippen LogP) is 2.12. The maximum atomic E-state index is 12.1. The number of rotatable bonds is 5. The van der Waals surface area contributed by atoms with Gasteiger partial charge in [-0.25, -0.2) is 0 Å². The van der Waals surface area contributed by atoms with E-state index in [0.717, 1.165) is 43.7 Å². The van der Waals surface area contributed by atoms with Gasteiger partial charge >= 0.3 is 0 Å². The normalized spacial score (nSPS) is 14.7. The van der Waals surface area contributed by atoms with Crippen LogP contribution in [0.25, 0.3) is 0 Å². The Labute approximate surface area is 125 Å². The summed E-state index contributed by atoms with van der Waals surface area (Å²) in [6.45, 7) is 2.95. The van der Waals surface area contributed by atoms with Gasteiger partial charge in [0.2, 0.25) is 5.91 Å². The van der Waals surface area contributed by atoms with Crippen molar-refractivity contribution in [1.82, 2.24) is 10.2 Å². The van der Waals surface area contributed by atoms with Gasteiger partial charge in [0.25, 0.3) is 0 Å². The fourth-order valence-corrected chi connectivity index (χ4v) is 2.88. The van der Waals surface area contributed by atoms with Crippen LogP contribution in [0.2, 0.25) is 5.02 Å². The van der Waals surface area contributed by atoms with Crippen molar-refractivity contribution in [3.05, 3.63) is 28.8 Å². The maximum absolute atomic E-state index is 12.1. The number of carbonyl (C=O) groups is 1. The molecule has 4 nitrogen and oxygen atoms in total. The van der Waals surface area contributed by atoms with Gasteiger partial charge in [0.1, 0.15) is 0 Å². The van der Waals surface area contributed by atoms with Crippen LogP contribution in [0.15, 0.2) is 18.2 Å². The lowest BCUT2D eigenvalue weighted by Crippen LogP contribution is -2.37.